The molecule has 0 spiro atoms. The van der Waals surface area contributed by atoms with Gasteiger partial charge in [-0.25, -0.2) is 10.0 Å². The monoisotopic (exact) mass is 191 g/mol. The first-order chi connectivity index (χ1) is 6.70. The normalized spacial score (nSPS) is 20.0. The number of aliphatic imine (C=N–C) groups is 1. The van der Waals surface area contributed by atoms with Gasteiger partial charge in [-0.15, -0.1) is 0 Å². The largest absolute Gasteiger partial charge is 0.368 e. The molecule has 1 aliphatic heterocycles. The summed E-state index contributed by atoms with van der Waals surface area (Å²) in [5.74, 6) is 0. The van der Waals surface area contributed by atoms with E-state index in [-0.39, 0.29) is 0 Å². The number of benzene rings is 1. The van der Waals surface area contributed by atoms with Crippen molar-refractivity contribution in [1.29, 1.82) is 0 Å². The first kappa shape index (κ1) is 9.18. The van der Waals surface area contributed by atoms with Crippen LogP contribution in [0.3, 0.4) is 0 Å². The van der Waals surface area contributed by atoms with Crippen LogP contribution >= 0.6 is 0 Å². The fourth-order valence-electron chi connectivity index (χ4n) is 1.47. The third kappa shape index (κ3) is 1.38. The molecule has 1 unspecified atom stereocenters. The summed E-state index contributed by atoms with van der Waals surface area (Å²) in [5.41, 5.74) is 1.67. The fourth-order valence-corrected chi connectivity index (χ4v) is 1.47. The number of hydrogen-bond acceptors (Lipinski definition) is 4. The highest BCUT2D eigenvalue weighted by molar-refractivity contribution is 5.67. The fraction of sp³-hybridized carbons (Fsp3) is 0.300. The van der Waals surface area contributed by atoms with Gasteiger partial charge in [-0.05, 0) is 6.07 Å². The number of fused-ring (bicyclic) bond motifs is 1. The average Bonchev–Trinajstić information content (AvgIpc) is 2.18. The van der Waals surface area contributed by atoms with Gasteiger partial charge in [0.1, 0.15) is 6.34 Å². The SMILES string of the molecule is CN(C)N1C=Nc2ccccc2C1O. The van der Waals surface area contributed by atoms with Crippen LogP contribution in [0.15, 0.2) is 29.3 Å². The van der Waals surface area contributed by atoms with Gasteiger partial charge in [-0.1, -0.05) is 18.2 Å². The standard InChI is InChI=1S/C10H13N3O/c1-12(2)13-7-11-9-6-4-3-5-8(9)10(13)14/h3-7,10,14H,1-2H3. The van der Waals surface area contributed by atoms with E-state index in [2.05, 4.69) is 4.99 Å². The first-order valence-corrected chi connectivity index (χ1v) is 4.47. The molecule has 1 N–H and O–H groups in total. The minimum Gasteiger partial charge on any atom is -0.368 e. The number of hydrazine groups is 1. The summed E-state index contributed by atoms with van der Waals surface area (Å²) >= 11 is 0. The molecule has 74 valence electrons. The third-order valence-electron chi connectivity index (χ3n) is 2.24. The molecular formula is C10H13N3O. The molecule has 4 heteroatoms. The Morgan fingerprint density at radius 1 is 1.36 bits per heavy atom. The van der Waals surface area contributed by atoms with E-state index in [1.54, 1.807) is 16.4 Å². The quantitative estimate of drug-likeness (QED) is 0.723. The van der Waals surface area contributed by atoms with E-state index < -0.39 is 6.23 Å². The highest BCUT2D eigenvalue weighted by Gasteiger charge is 2.22. The molecule has 0 radical (unpaired) electrons. The van der Waals surface area contributed by atoms with Gasteiger partial charge >= 0.3 is 0 Å². The minimum atomic E-state index is -0.640. The zero-order valence-corrected chi connectivity index (χ0v) is 8.25. The van der Waals surface area contributed by atoms with Gasteiger partial charge in [-0.2, -0.15) is 0 Å². The highest BCUT2D eigenvalue weighted by atomic mass is 16.3. The van der Waals surface area contributed by atoms with Crippen LogP contribution in [0.4, 0.5) is 5.69 Å². The number of hydrogen-bond donors (Lipinski definition) is 1. The second-order valence-corrected chi connectivity index (χ2v) is 3.40. The maximum Gasteiger partial charge on any atom is 0.170 e. The Bertz CT molecular complexity index is 362. The Balaban J connectivity index is 2.40. The van der Waals surface area contributed by atoms with Crippen LogP contribution in [0.25, 0.3) is 0 Å². The zero-order valence-electron chi connectivity index (χ0n) is 8.25. The zero-order chi connectivity index (χ0) is 10.1. The lowest BCUT2D eigenvalue weighted by molar-refractivity contribution is -0.0570. The van der Waals surface area contributed by atoms with E-state index >= 15 is 0 Å². The van der Waals surface area contributed by atoms with Gasteiger partial charge in [0.15, 0.2) is 6.23 Å². The Hall–Kier alpha value is -1.39. The van der Waals surface area contributed by atoms with Crippen molar-refractivity contribution < 1.29 is 5.11 Å². The predicted octanol–water partition coefficient (Wildman–Crippen LogP) is 1.13. The highest BCUT2D eigenvalue weighted by Crippen LogP contribution is 2.30. The number of rotatable bonds is 1. The summed E-state index contributed by atoms with van der Waals surface area (Å²) in [6, 6.07) is 7.58. The molecule has 0 aromatic heterocycles. The van der Waals surface area contributed by atoms with Crippen molar-refractivity contribution in [3.63, 3.8) is 0 Å². The summed E-state index contributed by atoms with van der Waals surface area (Å²) in [6.07, 6.45) is 0.992. The molecule has 1 aromatic rings. The molecule has 1 atom stereocenters. The molecule has 1 aromatic carbocycles. The number of aliphatic hydroxyl groups excluding tert-OH is 1. The Kier molecular flexibility index (Phi) is 2.23. The summed E-state index contributed by atoms with van der Waals surface area (Å²) in [4.78, 5) is 4.25. The lowest BCUT2D eigenvalue weighted by atomic mass is 10.1. The van der Waals surface area contributed by atoms with E-state index in [9.17, 15) is 5.11 Å². The Morgan fingerprint density at radius 2 is 2.07 bits per heavy atom. The number of nitrogens with zero attached hydrogens (tertiary/aromatic N) is 3. The third-order valence-corrected chi connectivity index (χ3v) is 2.24. The smallest absolute Gasteiger partial charge is 0.170 e. The topological polar surface area (TPSA) is 39.1 Å². The Morgan fingerprint density at radius 3 is 2.79 bits per heavy atom. The van der Waals surface area contributed by atoms with Gasteiger partial charge in [0.25, 0.3) is 0 Å². The number of para-hydroxylation sites is 1. The first-order valence-electron chi connectivity index (χ1n) is 4.47. The van der Waals surface area contributed by atoms with Crippen LogP contribution in [0, 0.1) is 0 Å². The molecule has 0 amide bonds. The maximum atomic E-state index is 9.98. The second-order valence-electron chi connectivity index (χ2n) is 3.40. The molecule has 2 rings (SSSR count). The van der Waals surface area contributed by atoms with Crippen molar-refractivity contribution in [1.82, 2.24) is 10.0 Å². The Labute approximate surface area is 83.1 Å². The van der Waals surface area contributed by atoms with Crippen LogP contribution in [-0.2, 0) is 0 Å². The molecule has 1 heterocycles. The van der Waals surface area contributed by atoms with Gasteiger partial charge < -0.3 is 5.11 Å². The van der Waals surface area contributed by atoms with Crippen molar-refractivity contribution in [3.05, 3.63) is 29.8 Å². The van der Waals surface area contributed by atoms with Crippen molar-refractivity contribution in [2.75, 3.05) is 14.1 Å². The van der Waals surface area contributed by atoms with E-state index in [1.807, 2.05) is 38.4 Å². The van der Waals surface area contributed by atoms with Gasteiger partial charge in [0.05, 0.1) is 5.69 Å². The van der Waals surface area contributed by atoms with Gasteiger partial charge in [0.2, 0.25) is 0 Å². The molecule has 0 bridgehead atoms. The van der Waals surface area contributed by atoms with Crippen LogP contribution in [0.2, 0.25) is 0 Å². The molecule has 0 fully saturated rings. The van der Waals surface area contributed by atoms with Crippen molar-refractivity contribution in [2.24, 2.45) is 4.99 Å². The van der Waals surface area contributed by atoms with Crippen LogP contribution < -0.4 is 0 Å². The summed E-state index contributed by atoms with van der Waals surface area (Å²) in [6.45, 7) is 0. The minimum absolute atomic E-state index is 0.640. The predicted molar refractivity (Wildman–Crippen MR) is 55.1 cm³/mol. The summed E-state index contributed by atoms with van der Waals surface area (Å²) in [7, 11) is 3.73. The summed E-state index contributed by atoms with van der Waals surface area (Å²) < 4.78 is 0. The molecule has 1 aliphatic rings. The summed E-state index contributed by atoms with van der Waals surface area (Å²) in [5, 5.41) is 13.4. The number of aliphatic hydroxyl groups is 1. The lowest BCUT2D eigenvalue weighted by Crippen LogP contribution is -2.40. The van der Waals surface area contributed by atoms with Crippen LogP contribution in [0.1, 0.15) is 11.8 Å². The molecule has 0 saturated carbocycles. The molecular weight excluding hydrogens is 178 g/mol. The average molecular weight is 191 g/mol. The van der Waals surface area contributed by atoms with Gasteiger partial charge in [-0.3, -0.25) is 5.01 Å². The molecule has 14 heavy (non-hydrogen) atoms. The lowest BCUT2D eigenvalue weighted by Gasteiger charge is -2.34. The van der Waals surface area contributed by atoms with Crippen LogP contribution in [-0.4, -0.2) is 35.6 Å². The second kappa shape index (κ2) is 3.40. The van der Waals surface area contributed by atoms with E-state index in [0.717, 1.165) is 11.3 Å². The van der Waals surface area contributed by atoms with Crippen molar-refractivity contribution in [2.45, 2.75) is 6.23 Å². The van der Waals surface area contributed by atoms with Crippen LogP contribution in [0.5, 0.6) is 0 Å². The van der Waals surface area contributed by atoms with E-state index in [4.69, 9.17) is 0 Å². The van der Waals surface area contributed by atoms with Crippen molar-refractivity contribution >= 4 is 12.0 Å². The van der Waals surface area contributed by atoms with E-state index in [1.165, 1.54) is 0 Å². The molecule has 0 saturated heterocycles. The molecule has 0 aliphatic carbocycles. The van der Waals surface area contributed by atoms with Gasteiger partial charge in [0, 0.05) is 19.7 Å². The van der Waals surface area contributed by atoms with E-state index in [0.29, 0.717) is 0 Å². The maximum absolute atomic E-state index is 9.98. The molecule has 4 nitrogen and oxygen atoms in total. The van der Waals surface area contributed by atoms with Crippen molar-refractivity contribution in [3.8, 4) is 0 Å².